The molecule has 0 aliphatic carbocycles. The molecule has 1 heterocycles. The first-order valence-electron chi connectivity index (χ1n) is 7.58. The lowest BCUT2D eigenvalue weighted by atomic mass is 10.0. The lowest BCUT2D eigenvalue weighted by molar-refractivity contribution is 0.121. The van der Waals surface area contributed by atoms with Crippen molar-refractivity contribution in [1.82, 2.24) is 15.1 Å². The number of nitrogens with zero attached hydrogens (tertiary/aromatic N) is 2. The molecule has 1 saturated heterocycles. The van der Waals surface area contributed by atoms with Crippen molar-refractivity contribution in [2.75, 3.05) is 26.7 Å². The van der Waals surface area contributed by atoms with Gasteiger partial charge in [0.15, 0.2) is 0 Å². The SMILES string of the molecule is CCNC(=O)N(C)C1CCCN(Cc2ccccc2F)C1. The fourth-order valence-corrected chi connectivity index (χ4v) is 2.80. The van der Waals surface area contributed by atoms with E-state index in [1.54, 1.807) is 11.0 Å². The van der Waals surface area contributed by atoms with Crippen molar-refractivity contribution in [1.29, 1.82) is 0 Å². The van der Waals surface area contributed by atoms with Crippen molar-refractivity contribution in [2.24, 2.45) is 0 Å². The molecule has 0 saturated carbocycles. The van der Waals surface area contributed by atoms with E-state index in [1.807, 2.05) is 26.1 Å². The first-order valence-corrected chi connectivity index (χ1v) is 7.58. The molecule has 1 N–H and O–H groups in total. The Kier molecular flexibility index (Phi) is 5.56. The van der Waals surface area contributed by atoms with Gasteiger partial charge < -0.3 is 10.2 Å². The van der Waals surface area contributed by atoms with Crippen molar-refractivity contribution in [2.45, 2.75) is 32.4 Å². The van der Waals surface area contributed by atoms with Crippen LogP contribution in [0.3, 0.4) is 0 Å². The van der Waals surface area contributed by atoms with E-state index in [2.05, 4.69) is 10.2 Å². The number of urea groups is 1. The van der Waals surface area contributed by atoms with Crippen LogP contribution in [0.25, 0.3) is 0 Å². The third-order valence-corrected chi connectivity index (χ3v) is 4.03. The highest BCUT2D eigenvalue weighted by Crippen LogP contribution is 2.18. The predicted octanol–water partition coefficient (Wildman–Crippen LogP) is 2.45. The second kappa shape index (κ2) is 7.41. The van der Waals surface area contributed by atoms with Crippen LogP contribution in [-0.4, -0.2) is 48.6 Å². The van der Waals surface area contributed by atoms with Crippen molar-refractivity contribution in [3.05, 3.63) is 35.6 Å². The number of carbonyl (C=O) groups excluding carboxylic acids is 1. The summed E-state index contributed by atoms with van der Waals surface area (Å²) < 4.78 is 13.7. The van der Waals surface area contributed by atoms with Gasteiger partial charge in [-0.1, -0.05) is 18.2 Å². The fourth-order valence-electron chi connectivity index (χ4n) is 2.80. The number of likely N-dealkylation sites (N-methyl/N-ethyl adjacent to an activating group) is 1. The van der Waals surface area contributed by atoms with Crippen LogP contribution in [0.15, 0.2) is 24.3 Å². The third kappa shape index (κ3) is 4.17. The molecule has 1 unspecified atom stereocenters. The van der Waals surface area contributed by atoms with Crippen LogP contribution < -0.4 is 5.32 Å². The number of rotatable bonds is 4. The van der Waals surface area contributed by atoms with Gasteiger partial charge in [0.2, 0.25) is 0 Å². The first-order chi connectivity index (χ1) is 10.1. The lowest BCUT2D eigenvalue weighted by Gasteiger charge is -2.37. The highest BCUT2D eigenvalue weighted by Gasteiger charge is 2.26. The van der Waals surface area contributed by atoms with Crippen LogP contribution in [0.4, 0.5) is 9.18 Å². The Balaban J connectivity index is 1.94. The van der Waals surface area contributed by atoms with E-state index in [0.29, 0.717) is 13.1 Å². The quantitative estimate of drug-likeness (QED) is 0.925. The molecule has 21 heavy (non-hydrogen) atoms. The van der Waals surface area contributed by atoms with Gasteiger partial charge in [-0.05, 0) is 32.4 Å². The molecule has 1 aliphatic rings. The maximum absolute atomic E-state index is 13.7. The standard InChI is InChI=1S/C16H24FN3O/c1-3-18-16(21)19(2)14-8-6-10-20(12-14)11-13-7-4-5-9-15(13)17/h4-5,7,9,14H,3,6,8,10-12H2,1-2H3,(H,18,21). The minimum atomic E-state index is -0.156. The van der Waals surface area contributed by atoms with Gasteiger partial charge in [-0.2, -0.15) is 0 Å². The van der Waals surface area contributed by atoms with Gasteiger partial charge in [-0.15, -0.1) is 0 Å². The number of amides is 2. The topological polar surface area (TPSA) is 35.6 Å². The maximum atomic E-state index is 13.7. The molecule has 0 bridgehead atoms. The average Bonchev–Trinajstić information content (AvgIpc) is 2.49. The molecular formula is C16H24FN3O. The molecule has 4 nitrogen and oxygen atoms in total. The van der Waals surface area contributed by atoms with E-state index in [0.717, 1.165) is 31.5 Å². The molecule has 0 spiro atoms. The van der Waals surface area contributed by atoms with Crippen LogP contribution >= 0.6 is 0 Å². The second-order valence-corrected chi connectivity index (χ2v) is 5.57. The fraction of sp³-hybridized carbons (Fsp3) is 0.562. The number of hydrogen-bond acceptors (Lipinski definition) is 2. The van der Waals surface area contributed by atoms with Crippen molar-refractivity contribution >= 4 is 6.03 Å². The summed E-state index contributed by atoms with van der Waals surface area (Å²) in [6.45, 7) is 4.90. The molecule has 1 aliphatic heterocycles. The van der Waals surface area contributed by atoms with E-state index in [1.165, 1.54) is 6.07 Å². The molecule has 0 radical (unpaired) electrons. The number of carbonyl (C=O) groups is 1. The molecule has 5 heteroatoms. The zero-order valence-electron chi connectivity index (χ0n) is 12.8. The highest BCUT2D eigenvalue weighted by molar-refractivity contribution is 5.74. The first kappa shape index (κ1) is 15.8. The number of benzene rings is 1. The normalized spacial score (nSPS) is 19.3. The minimum Gasteiger partial charge on any atom is -0.338 e. The Morgan fingerprint density at radius 1 is 1.48 bits per heavy atom. The van der Waals surface area contributed by atoms with Crippen molar-refractivity contribution in [3.63, 3.8) is 0 Å². The summed E-state index contributed by atoms with van der Waals surface area (Å²) in [6, 6.07) is 7.05. The zero-order chi connectivity index (χ0) is 15.2. The van der Waals surface area contributed by atoms with Crippen LogP contribution in [-0.2, 0) is 6.54 Å². The largest absolute Gasteiger partial charge is 0.338 e. The molecule has 0 aromatic heterocycles. The third-order valence-electron chi connectivity index (χ3n) is 4.03. The number of likely N-dealkylation sites (tertiary alicyclic amines) is 1. The molecule has 2 rings (SSSR count). The lowest BCUT2D eigenvalue weighted by Crippen LogP contribution is -2.51. The number of hydrogen-bond donors (Lipinski definition) is 1. The van der Waals surface area contributed by atoms with Crippen LogP contribution in [0.1, 0.15) is 25.3 Å². The summed E-state index contributed by atoms with van der Waals surface area (Å²) >= 11 is 0. The molecule has 116 valence electrons. The summed E-state index contributed by atoms with van der Waals surface area (Å²) in [5, 5.41) is 2.82. The van der Waals surface area contributed by atoms with Gasteiger partial charge >= 0.3 is 6.03 Å². The highest BCUT2D eigenvalue weighted by atomic mass is 19.1. The van der Waals surface area contributed by atoms with Gasteiger partial charge in [0, 0.05) is 38.3 Å². The summed E-state index contributed by atoms with van der Waals surface area (Å²) in [7, 11) is 1.84. The summed E-state index contributed by atoms with van der Waals surface area (Å²) in [6.07, 6.45) is 2.03. The van der Waals surface area contributed by atoms with Crippen LogP contribution in [0.5, 0.6) is 0 Å². The van der Waals surface area contributed by atoms with Gasteiger partial charge in [-0.25, -0.2) is 9.18 Å². The number of halogens is 1. The monoisotopic (exact) mass is 293 g/mol. The van der Waals surface area contributed by atoms with Crippen LogP contribution in [0, 0.1) is 5.82 Å². The summed E-state index contributed by atoms with van der Waals surface area (Å²) in [4.78, 5) is 15.9. The van der Waals surface area contributed by atoms with Gasteiger partial charge in [-0.3, -0.25) is 4.90 Å². The Morgan fingerprint density at radius 3 is 2.95 bits per heavy atom. The Bertz CT molecular complexity index is 480. The molecule has 2 amide bonds. The number of nitrogens with one attached hydrogen (secondary N) is 1. The van der Waals surface area contributed by atoms with Gasteiger partial charge in [0.05, 0.1) is 0 Å². The smallest absolute Gasteiger partial charge is 0.317 e. The molecule has 1 aromatic carbocycles. The number of piperidine rings is 1. The van der Waals surface area contributed by atoms with E-state index in [4.69, 9.17) is 0 Å². The summed E-state index contributed by atoms with van der Waals surface area (Å²) in [5.74, 6) is -0.156. The molecule has 1 atom stereocenters. The van der Waals surface area contributed by atoms with Crippen LogP contribution in [0.2, 0.25) is 0 Å². The molecule has 1 aromatic rings. The Labute approximate surface area is 125 Å². The van der Waals surface area contributed by atoms with E-state index in [9.17, 15) is 9.18 Å². The Hall–Kier alpha value is -1.62. The Morgan fingerprint density at radius 2 is 2.24 bits per heavy atom. The summed E-state index contributed by atoms with van der Waals surface area (Å²) in [5.41, 5.74) is 0.721. The van der Waals surface area contributed by atoms with Crippen molar-refractivity contribution in [3.8, 4) is 0 Å². The van der Waals surface area contributed by atoms with Gasteiger partial charge in [0.1, 0.15) is 5.82 Å². The molecular weight excluding hydrogens is 269 g/mol. The van der Waals surface area contributed by atoms with E-state index < -0.39 is 0 Å². The molecule has 1 fully saturated rings. The van der Waals surface area contributed by atoms with E-state index >= 15 is 0 Å². The minimum absolute atomic E-state index is 0.0322. The van der Waals surface area contributed by atoms with Gasteiger partial charge in [0.25, 0.3) is 0 Å². The average molecular weight is 293 g/mol. The van der Waals surface area contributed by atoms with E-state index in [-0.39, 0.29) is 17.9 Å². The second-order valence-electron chi connectivity index (χ2n) is 5.57. The predicted molar refractivity (Wildman–Crippen MR) is 81.5 cm³/mol. The maximum Gasteiger partial charge on any atom is 0.317 e. The zero-order valence-corrected chi connectivity index (χ0v) is 12.8. The van der Waals surface area contributed by atoms with Crippen molar-refractivity contribution < 1.29 is 9.18 Å².